The van der Waals surface area contributed by atoms with Gasteiger partial charge < -0.3 is 20.3 Å². The minimum absolute atomic E-state index is 0.0682. The molecule has 4 heterocycles. The van der Waals surface area contributed by atoms with Crippen LogP contribution in [0.3, 0.4) is 0 Å². The van der Waals surface area contributed by atoms with Crippen LogP contribution in [0.25, 0.3) is 0 Å². The number of benzene rings is 2. The summed E-state index contributed by atoms with van der Waals surface area (Å²) in [5.74, 6) is 1.67. The molecule has 0 spiro atoms. The van der Waals surface area contributed by atoms with Crippen LogP contribution in [0.1, 0.15) is 75.7 Å². The number of para-hydroxylation sites is 1. The summed E-state index contributed by atoms with van der Waals surface area (Å²) in [6.45, 7) is 7.79. The lowest BCUT2D eigenvalue weighted by Crippen LogP contribution is -2.49. The zero-order valence-electron chi connectivity index (χ0n) is 26.9. The lowest BCUT2D eigenvalue weighted by Gasteiger charge is -2.36. The predicted octanol–water partition coefficient (Wildman–Crippen LogP) is 6.56. The Bertz CT molecular complexity index is 1820. The summed E-state index contributed by atoms with van der Waals surface area (Å²) >= 11 is 6.49. The number of halogens is 1. The quantitative estimate of drug-likeness (QED) is 0.262. The first kappa shape index (κ1) is 31.2. The number of nitrogens with zero attached hydrogens (tertiary/aromatic N) is 4. The number of rotatable bonds is 9. The van der Waals surface area contributed by atoms with Crippen LogP contribution in [0.5, 0.6) is 5.75 Å². The molecule has 2 saturated heterocycles. The third kappa shape index (κ3) is 5.02. The second-order valence-electron chi connectivity index (χ2n) is 13.6. The van der Waals surface area contributed by atoms with Gasteiger partial charge in [-0.2, -0.15) is 4.98 Å². The lowest BCUT2D eigenvalue weighted by molar-refractivity contribution is 0.0563. The Morgan fingerprint density at radius 3 is 2.59 bits per heavy atom. The largest absolute Gasteiger partial charge is 0.489 e. The van der Waals surface area contributed by atoms with E-state index in [1.807, 2.05) is 26.0 Å². The van der Waals surface area contributed by atoms with E-state index in [-0.39, 0.29) is 39.2 Å². The SMILES string of the molecule is CC(C)Oc1cc2c(cc1Nc1ncc(Cl)c(Nc3ccccc3S(=O)(=O)C(C)C)n1)C(=O)N(C13CC1C1CCCC[C@@H]3N1C)C2. The second kappa shape index (κ2) is 11.4. The van der Waals surface area contributed by atoms with Crippen LogP contribution in [0, 0.1) is 5.92 Å². The number of carbonyl (C=O) groups excluding carboxylic acids is 1. The van der Waals surface area contributed by atoms with Gasteiger partial charge in [-0.15, -0.1) is 0 Å². The van der Waals surface area contributed by atoms with E-state index >= 15 is 0 Å². The Morgan fingerprint density at radius 1 is 1.07 bits per heavy atom. The summed E-state index contributed by atoms with van der Waals surface area (Å²) in [4.78, 5) is 28.0. The predicted molar refractivity (Wildman–Crippen MR) is 179 cm³/mol. The van der Waals surface area contributed by atoms with Crippen LogP contribution >= 0.6 is 11.6 Å². The van der Waals surface area contributed by atoms with Crippen molar-refractivity contribution in [1.29, 1.82) is 0 Å². The molecular formula is C34H41ClN6O4S. The molecule has 0 radical (unpaired) electrons. The van der Waals surface area contributed by atoms with Crippen LogP contribution < -0.4 is 15.4 Å². The molecule has 4 aliphatic rings. The summed E-state index contributed by atoms with van der Waals surface area (Å²) in [5.41, 5.74) is 2.49. The molecule has 1 aliphatic carbocycles. The summed E-state index contributed by atoms with van der Waals surface area (Å²) in [6, 6.07) is 11.5. The van der Waals surface area contributed by atoms with E-state index in [1.54, 1.807) is 38.1 Å². The lowest BCUT2D eigenvalue weighted by atomic mass is 9.95. The molecule has 2 bridgehead atoms. The molecule has 3 unspecified atom stereocenters. The minimum Gasteiger partial charge on any atom is -0.489 e. The fourth-order valence-electron chi connectivity index (χ4n) is 8.01. The molecule has 1 saturated carbocycles. The van der Waals surface area contributed by atoms with Gasteiger partial charge in [-0.05, 0) is 83.8 Å². The van der Waals surface area contributed by atoms with E-state index < -0.39 is 15.1 Å². The maximum Gasteiger partial charge on any atom is 0.255 e. The molecule has 4 atom stereocenters. The topological polar surface area (TPSA) is 117 Å². The van der Waals surface area contributed by atoms with Crippen molar-refractivity contribution in [1.82, 2.24) is 19.8 Å². The molecule has 7 rings (SSSR count). The van der Waals surface area contributed by atoms with E-state index in [9.17, 15) is 13.2 Å². The van der Waals surface area contributed by atoms with Crippen molar-refractivity contribution in [2.75, 3.05) is 17.7 Å². The van der Waals surface area contributed by atoms with E-state index in [4.69, 9.17) is 16.3 Å². The first-order valence-electron chi connectivity index (χ1n) is 16.2. The first-order chi connectivity index (χ1) is 21.9. The van der Waals surface area contributed by atoms with Gasteiger partial charge in [-0.1, -0.05) is 36.6 Å². The monoisotopic (exact) mass is 664 g/mol. The highest BCUT2D eigenvalue weighted by Gasteiger charge is 2.73. The normalized spacial score (nSPS) is 25.4. The highest BCUT2D eigenvalue weighted by molar-refractivity contribution is 7.92. The summed E-state index contributed by atoms with van der Waals surface area (Å²) < 4.78 is 32.3. The van der Waals surface area contributed by atoms with Crippen molar-refractivity contribution in [3.8, 4) is 5.75 Å². The third-order valence-electron chi connectivity index (χ3n) is 10.2. The van der Waals surface area contributed by atoms with Crippen LogP contribution in [0.15, 0.2) is 47.5 Å². The fraction of sp³-hybridized carbons (Fsp3) is 0.500. The standard InChI is InChI=1S/C34H41ClN6O4S/c1-19(2)45-28-14-21-18-41(34-16-23(34)27-11-7-9-13-30(34)40(27)5)32(42)22(21)15-26(28)38-33-36-17-24(35)31(39-33)37-25-10-6-8-12-29(25)46(43,44)20(3)4/h6,8,10,12,14-15,17,19-20,23,27,30H,7,9,11,13,16,18H2,1-5H3,(H2,36,37,38,39)/t23?,27?,30-,34?/m0/s1. The van der Waals surface area contributed by atoms with Gasteiger partial charge in [0.1, 0.15) is 10.8 Å². The number of fused-ring (bicyclic) bond motifs is 6. The van der Waals surface area contributed by atoms with Gasteiger partial charge in [0.2, 0.25) is 5.95 Å². The maximum atomic E-state index is 14.1. The molecule has 2 N–H and O–H groups in total. The number of aromatic nitrogens is 2. The van der Waals surface area contributed by atoms with Gasteiger partial charge in [0.25, 0.3) is 5.91 Å². The molecule has 3 aromatic rings. The second-order valence-corrected chi connectivity index (χ2v) is 16.5. The Kier molecular flexibility index (Phi) is 7.72. The van der Waals surface area contributed by atoms with Gasteiger partial charge >= 0.3 is 0 Å². The van der Waals surface area contributed by atoms with Gasteiger partial charge in [-0.3, -0.25) is 9.69 Å². The van der Waals surface area contributed by atoms with E-state index in [2.05, 4.69) is 37.4 Å². The molecule has 3 aliphatic heterocycles. The minimum atomic E-state index is -3.57. The zero-order chi connectivity index (χ0) is 32.5. The number of piperidine rings is 1. The molecular weight excluding hydrogens is 624 g/mol. The van der Waals surface area contributed by atoms with Gasteiger partial charge in [0.15, 0.2) is 15.7 Å². The number of hydrogen-bond acceptors (Lipinski definition) is 9. The molecule has 10 nitrogen and oxygen atoms in total. The van der Waals surface area contributed by atoms with Crippen molar-refractivity contribution in [2.45, 2.75) is 100 Å². The van der Waals surface area contributed by atoms with Gasteiger partial charge in [0, 0.05) is 30.1 Å². The molecule has 46 heavy (non-hydrogen) atoms. The Morgan fingerprint density at radius 2 is 1.83 bits per heavy atom. The highest BCUT2D eigenvalue weighted by atomic mass is 35.5. The first-order valence-corrected chi connectivity index (χ1v) is 18.1. The van der Waals surface area contributed by atoms with Crippen molar-refractivity contribution in [3.63, 3.8) is 0 Å². The average Bonchev–Trinajstić information content (AvgIpc) is 3.62. The van der Waals surface area contributed by atoms with Crippen molar-refractivity contribution in [3.05, 3.63) is 58.7 Å². The van der Waals surface area contributed by atoms with Gasteiger partial charge in [-0.25, -0.2) is 13.4 Å². The molecule has 1 amide bonds. The average molecular weight is 665 g/mol. The molecule has 244 valence electrons. The van der Waals surface area contributed by atoms with Crippen molar-refractivity contribution >= 4 is 50.5 Å². The fourth-order valence-corrected chi connectivity index (χ4v) is 9.35. The van der Waals surface area contributed by atoms with Crippen LogP contribution in [-0.2, 0) is 16.4 Å². The van der Waals surface area contributed by atoms with E-state index in [1.165, 1.54) is 25.5 Å². The maximum absolute atomic E-state index is 14.1. The summed E-state index contributed by atoms with van der Waals surface area (Å²) in [6.07, 6.45) is 7.26. The van der Waals surface area contributed by atoms with Crippen molar-refractivity contribution < 1.29 is 17.9 Å². The van der Waals surface area contributed by atoms with E-state index in [0.717, 1.165) is 18.4 Å². The summed E-state index contributed by atoms with van der Waals surface area (Å²) in [5, 5.41) is 5.98. The Hall–Kier alpha value is -3.41. The number of likely N-dealkylation sites (N-methyl/N-ethyl adjacent to an activating group) is 1. The highest BCUT2D eigenvalue weighted by Crippen LogP contribution is 2.64. The van der Waals surface area contributed by atoms with Gasteiger partial charge in [0.05, 0.1) is 39.4 Å². The third-order valence-corrected chi connectivity index (χ3v) is 12.7. The number of hydrogen-bond donors (Lipinski definition) is 2. The summed E-state index contributed by atoms with van der Waals surface area (Å²) in [7, 11) is -1.32. The van der Waals surface area contributed by atoms with Crippen LogP contribution in [-0.4, -0.2) is 70.1 Å². The number of nitrogens with one attached hydrogen (secondary N) is 2. The van der Waals surface area contributed by atoms with E-state index in [0.29, 0.717) is 47.2 Å². The Balaban J connectivity index is 1.19. The number of anilines is 4. The number of carbonyl (C=O) groups is 1. The Labute approximate surface area is 275 Å². The number of sulfone groups is 1. The number of ether oxygens (including phenoxy) is 1. The smallest absolute Gasteiger partial charge is 0.255 e. The zero-order valence-corrected chi connectivity index (χ0v) is 28.5. The van der Waals surface area contributed by atoms with Crippen LogP contribution in [0.2, 0.25) is 5.02 Å². The van der Waals surface area contributed by atoms with Crippen molar-refractivity contribution in [2.24, 2.45) is 5.92 Å². The number of amides is 1. The molecule has 12 heteroatoms. The van der Waals surface area contributed by atoms with Crippen LogP contribution in [0.4, 0.5) is 23.1 Å². The molecule has 1 aromatic heterocycles. The molecule has 2 aromatic carbocycles. The molecule has 3 fully saturated rings.